The van der Waals surface area contributed by atoms with Crippen LogP contribution in [0.2, 0.25) is 0 Å². The molecule has 0 saturated heterocycles. The van der Waals surface area contributed by atoms with Crippen LogP contribution in [0.25, 0.3) is 0 Å². The van der Waals surface area contributed by atoms with Gasteiger partial charge in [0.2, 0.25) is 0 Å². The molecule has 1 N–H and O–H groups in total. The molecular weight excluding hydrogens is 261 g/mol. The summed E-state index contributed by atoms with van der Waals surface area (Å²) in [6.07, 6.45) is 3.65. The lowest BCUT2D eigenvalue weighted by Crippen LogP contribution is -2.27. The van der Waals surface area contributed by atoms with Crippen molar-refractivity contribution < 1.29 is 4.39 Å². The Morgan fingerprint density at radius 1 is 1.14 bits per heavy atom. The van der Waals surface area contributed by atoms with Gasteiger partial charge < -0.3 is 5.32 Å². The van der Waals surface area contributed by atoms with Crippen LogP contribution in [0.4, 0.5) is 4.39 Å². The van der Waals surface area contributed by atoms with Crippen molar-refractivity contribution in [3.05, 3.63) is 71.0 Å². The van der Waals surface area contributed by atoms with E-state index in [4.69, 9.17) is 0 Å². The Labute approximate surface area is 126 Å². The first kappa shape index (κ1) is 14.3. The molecule has 2 aromatic rings. The minimum atomic E-state index is -0.124. The molecule has 0 aromatic heterocycles. The molecule has 110 valence electrons. The standard InChI is InChI=1S/C19H22FN/c1-14(17-10-4-5-12-19(17)20)21-13-16-9-6-8-15-7-2-3-11-18(15)16/h2-5,7,10-12,14,16,21H,6,8-9,13H2,1H3. The van der Waals surface area contributed by atoms with Crippen LogP contribution in [0.1, 0.15) is 48.4 Å². The molecule has 1 aliphatic rings. The first-order valence-electron chi connectivity index (χ1n) is 7.81. The lowest BCUT2D eigenvalue weighted by atomic mass is 9.82. The quantitative estimate of drug-likeness (QED) is 0.865. The van der Waals surface area contributed by atoms with Gasteiger partial charge in [-0.25, -0.2) is 4.39 Å². The van der Waals surface area contributed by atoms with Crippen molar-refractivity contribution in [3.63, 3.8) is 0 Å². The fraction of sp³-hybridized carbons (Fsp3) is 0.368. The van der Waals surface area contributed by atoms with Crippen molar-refractivity contribution in [3.8, 4) is 0 Å². The number of hydrogen-bond donors (Lipinski definition) is 1. The maximum Gasteiger partial charge on any atom is 0.127 e. The molecule has 2 aromatic carbocycles. The fourth-order valence-electron chi connectivity index (χ4n) is 3.32. The van der Waals surface area contributed by atoms with Crippen molar-refractivity contribution in [2.45, 2.75) is 38.1 Å². The molecule has 2 heteroatoms. The summed E-state index contributed by atoms with van der Waals surface area (Å²) in [5, 5.41) is 3.51. The minimum Gasteiger partial charge on any atom is -0.309 e. The number of nitrogens with one attached hydrogen (secondary N) is 1. The first-order valence-corrected chi connectivity index (χ1v) is 7.81. The summed E-state index contributed by atoms with van der Waals surface area (Å²) in [6, 6.07) is 15.8. The van der Waals surface area contributed by atoms with Gasteiger partial charge in [0.25, 0.3) is 0 Å². The van der Waals surface area contributed by atoms with Gasteiger partial charge in [0.15, 0.2) is 0 Å². The van der Waals surface area contributed by atoms with E-state index < -0.39 is 0 Å². The van der Waals surface area contributed by atoms with E-state index in [0.717, 1.165) is 12.1 Å². The van der Waals surface area contributed by atoms with Gasteiger partial charge in [-0.3, -0.25) is 0 Å². The van der Waals surface area contributed by atoms with E-state index >= 15 is 0 Å². The number of aryl methyl sites for hydroxylation is 1. The third-order valence-electron chi connectivity index (χ3n) is 4.54. The first-order chi connectivity index (χ1) is 10.3. The topological polar surface area (TPSA) is 12.0 Å². The van der Waals surface area contributed by atoms with Gasteiger partial charge in [0.1, 0.15) is 5.82 Å². The highest BCUT2D eigenvalue weighted by molar-refractivity contribution is 5.33. The van der Waals surface area contributed by atoms with E-state index in [0.29, 0.717) is 5.92 Å². The summed E-state index contributed by atoms with van der Waals surface area (Å²) < 4.78 is 13.8. The number of rotatable bonds is 4. The molecule has 0 amide bonds. The number of fused-ring (bicyclic) bond motifs is 1. The van der Waals surface area contributed by atoms with Gasteiger partial charge in [-0.15, -0.1) is 0 Å². The zero-order chi connectivity index (χ0) is 14.7. The zero-order valence-electron chi connectivity index (χ0n) is 12.5. The van der Waals surface area contributed by atoms with E-state index in [-0.39, 0.29) is 11.9 Å². The molecule has 21 heavy (non-hydrogen) atoms. The van der Waals surface area contributed by atoms with E-state index in [2.05, 4.69) is 29.6 Å². The highest BCUT2D eigenvalue weighted by Crippen LogP contribution is 2.31. The van der Waals surface area contributed by atoms with Gasteiger partial charge >= 0.3 is 0 Å². The molecule has 0 saturated carbocycles. The van der Waals surface area contributed by atoms with Crippen LogP contribution in [0.3, 0.4) is 0 Å². The monoisotopic (exact) mass is 283 g/mol. The van der Waals surface area contributed by atoms with E-state index in [1.54, 1.807) is 6.07 Å². The molecular formula is C19H22FN. The Hall–Kier alpha value is -1.67. The second-order valence-corrected chi connectivity index (χ2v) is 5.94. The summed E-state index contributed by atoms with van der Waals surface area (Å²) in [5.41, 5.74) is 3.70. The molecule has 0 radical (unpaired) electrons. The summed E-state index contributed by atoms with van der Waals surface area (Å²) in [7, 11) is 0. The van der Waals surface area contributed by atoms with Gasteiger partial charge in [0, 0.05) is 18.2 Å². The highest BCUT2D eigenvalue weighted by Gasteiger charge is 2.20. The molecule has 2 atom stereocenters. The summed E-state index contributed by atoms with van der Waals surface area (Å²) >= 11 is 0. The molecule has 3 rings (SSSR count). The molecule has 0 aliphatic heterocycles. The number of hydrogen-bond acceptors (Lipinski definition) is 1. The van der Waals surface area contributed by atoms with Gasteiger partial charge in [-0.1, -0.05) is 42.5 Å². The molecule has 0 heterocycles. The molecule has 0 bridgehead atoms. The predicted octanol–water partition coefficient (Wildman–Crippen LogP) is 4.60. The average molecular weight is 283 g/mol. The Bertz CT molecular complexity index is 608. The summed E-state index contributed by atoms with van der Waals surface area (Å²) in [4.78, 5) is 0. The lowest BCUT2D eigenvalue weighted by molar-refractivity contribution is 0.462. The summed E-state index contributed by atoms with van der Waals surface area (Å²) in [6.45, 7) is 2.94. The van der Waals surface area contributed by atoms with Crippen LogP contribution < -0.4 is 5.32 Å². The van der Waals surface area contributed by atoms with E-state index in [1.165, 1.54) is 36.5 Å². The third kappa shape index (κ3) is 3.16. The zero-order valence-corrected chi connectivity index (χ0v) is 12.5. The van der Waals surface area contributed by atoms with Crippen LogP contribution in [-0.2, 0) is 6.42 Å². The van der Waals surface area contributed by atoms with Gasteiger partial charge in [0.05, 0.1) is 0 Å². The van der Waals surface area contributed by atoms with E-state index in [9.17, 15) is 4.39 Å². The number of benzene rings is 2. The maximum atomic E-state index is 13.8. The Kier molecular flexibility index (Phi) is 4.35. The van der Waals surface area contributed by atoms with Crippen molar-refractivity contribution in [1.29, 1.82) is 0 Å². The smallest absolute Gasteiger partial charge is 0.127 e. The lowest BCUT2D eigenvalue weighted by Gasteiger charge is -2.27. The van der Waals surface area contributed by atoms with Crippen LogP contribution >= 0.6 is 0 Å². The Balaban J connectivity index is 1.67. The molecule has 0 spiro atoms. The molecule has 2 unspecified atom stereocenters. The second-order valence-electron chi connectivity index (χ2n) is 5.94. The van der Waals surface area contributed by atoms with Crippen molar-refractivity contribution in [2.24, 2.45) is 0 Å². The Morgan fingerprint density at radius 2 is 1.90 bits per heavy atom. The van der Waals surface area contributed by atoms with Crippen molar-refractivity contribution in [2.75, 3.05) is 6.54 Å². The molecule has 1 nitrogen and oxygen atoms in total. The second kappa shape index (κ2) is 6.40. The van der Waals surface area contributed by atoms with Gasteiger partial charge in [-0.05, 0) is 49.3 Å². The predicted molar refractivity (Wildman–Crippen MR) is 84.9 cm³/mol. The van der Waals surface area contributed by atoms with Gasteiger partial charge in [-0.2, -0.15) is 0 Å². The minimum absolute atomic E-state index is 0.0419. The van der Waals surface area contributed by atoms with Crippen molar-refractivity contribution in [1.82, 2.24) is 5.32 Å². The van der Waals surface area contributed by atoms with Crippen LogP contribution in [-0.4, -0.2) is 6.54 Å². The molecule has 0 fully saturated rings. The van der Waals surface area contributed by atoms with E-state index in [1.807, 2.05) is 19.1 Å². The average Bonchev–Trinajstić information content (AvgIpc) is 2.53. The Morgan fingerprint density at radius 3 is 2.76 bits per heavy atom. The third-order valence-corrected chi connectivity index (χ3v) is 4.54. The highest BCUT2D eigenvalue weighted by atomic mass is 19.1. The fourth-order valence-corrected chi connectivity index (χ4v) is 3.32. The van der Waals surface area contributed by atoms with Crippen LogP contribution in [0, 0.1) is 5.82 Å². The van der Waals surface area contributed by atoms with Crippen LogP contribution in [0.5, 0.6) is 0 Å². The summed E-state index contributed by atoms with van der Waals surface area (Å²) in [5.74, 6) is 0.422. The van der Waals surface area contributed by atoms with Crippen molar-refractivity contribution >= 4 is 0 Å². The normalized spacial score (nSPS) is 19.0. The number of halogens is 1. The molecule has 1 aliphatic carbocycles. The SMILES string of the molecule is CC(NCC1CCCc2ccccc21)c1ccccc1F. The van der Waals surface area contributed by atoms with Crippen LogP contribution in [0.15, 0.2) is 48.5 Å². The largest absolute Gasteiger partial charge is 0.309 e. The maximum absolute atomic E-state index is 13.8.